The van der Waals surface area contributed by atoms with Gasteiger partial charge in [0.25, 0.3) is 0 Å². The number of piperazine rings is 2. The van der Waals surface area contributed by atoms with Crippen molar-refractivity contribution < 1.29 is 27.4 Å². The van der Waals surface area contributed by atoms with Crippen molar-refractivity contribution in [2.24, 2.45) is 0 Å². The lowest BCUT2D eigenvalue weighted by Gasteiger charge is -2.34. The molecule has 0 saturated carbocycles. The summed E-state index contributed by atoms with van der Waals surface area (Å²) in [6, 6.07) is 19.3. The minimum atomic E-state index is -0.327. The predicted octanol–water partition coefficient (Wildman–Crippen LogP) is 5.66. The van der Waals surface area contributed by atoms with Crippen molar-refractivity contribution in [2.75, 3.05) is 90.6 Å². The molecule has 2 heterocycles. The summed E-state index contributed by atoms with van der Waals surface area (Å²) in [7, 11) is 0. The molecular weight excluding hydrogens is 696 g/mol. The average Bonchev–Trinajstić information content (AvgIpc) is 3.05. The first-order chi connectivity index (χ1) is 21.1. The molecule has 45 heavy (non-hydrogen) atoms. The van der Waals surface area contributed by atoms with Gasteiger partial charge in [-0.3, -0.25) is 9.80 Å². The highest BCUT2D eigenvalue weighted by Gasteiger charge is 2.17. The van der Waals surface area contributed by atoms with Gasteiger partial charge in [-0.2, -0.15) is 0 Å². The van der Waals surface area contributed by atoms with Crippen molar-refractivity contribution >= 4 is 40.7 Å². The topological polar surface area (TPSA) is 58.2 Å². The van der Waals surface area contributed by atoms with Gasteiger partial charge >= 0.3 is 0 Å². The zero-order valence-corrected chi connectivity index (χ0v) is 28.5. The minimum absolute atomic E-state index is 0. The van der Waals surface area contributed by atoms with Crippen molar-refractivity contribution in [1.82, 2.24) is 20.4 Å². The zero-order chi connectivity index (χ0) is 30.5. The fourth-order valence-corrected chi connectivity index (χ4v) is 4.41. The van der Waals surface area contributed by atoms with Gasteiger partial charge in [0.1, 0.15) is 13.2 Å². The smallest absolute Gasteiger partial charge is 0.165 e. The first-order valence-corrected chi connectivity index (χ1v) is 15.7. The molecule has 2 fully saturated rings. The molecule has 2 aliphatic heterocycles. The van der Waals surface area contributed by atoms with E-state index in [1.165, 1.54) is 18.2 Å². The van der Waals surface area contributed by atoms with Gasteiger partial charge in [0.15, 0.2) is 34.7 Å². The van der Waals surface area contributed by atoms with Gasteiger partial charge < -0.3 is 24.8 Å². The molecule has 0 aliphatic carbocycles. The van der Waals surface area contributed by atoms with E-state index in [1.54, 1.807) is 54.6 Å². The van der Waals surface area contributed by atoms with Crippen LogP contribution < -0.4 is 24.8 Å². The Morgan fingerprint density at radius 2 is 0.844 bits per heavy atom. The second kappa shape index (κ2) is 24.9. The highest BCUT2D eigenvalue weighted by atomic mass is 79.9. The van der Waals surface area contributed by atoms with E-state index in [0.29, 0.717) is 42.4 Å². The maximum absolute atomic E-state index is 13.5. The molecule has 0 amide bonds. The van der Waals surface area contributed by atoms with Gasteiger partial charge in [-0.05, 0) is 36.4 Å². The van der Waals surface area contributed by atoms with E-state index < -0.39 is 0 Å². The molecule has 2 N–H and O–H groups in total. The van der Waals surface area contributed by atoms with E-state index in [4.69, 9.17) is 14.2 Å². The van der Waals surface area contributed by atoms with Crippen LogP contribution in [-0.4, -0.2) is 100 Å². The van der Waals surface area contributed by atoms with Gasteiger partial charge in [0, 0.05) is 70.8 Å². The number of hydrogen-bond acceptors (Lipinski definition) is 7. The number of rotatable bonds is 11. The van der Waals surface area contributed by atoms with Gasteiger partial charge in [-0.15, -0.1) is 24.8 Å². The van der Waals surface area contributed by atoms with Crippen molar-refractivity contribution in [1.29, 1.82) is 0 Å². The molecule has 0 aromatic heterocycles. The van der Waals surface area contributed by atoms with E-state index in [0.717, 1.165) is 65.4 Å². The molecule has 3 aromatic rings. The van der Waals surface area contributed by atoms with Crippen LogP contribution in [0.15, 0.2) is 72.8 Å². The van der Waals surface area contributed by atoms with E-state index in [1.807, 2.05) is 0 Å². The Kier molecular flexibility index (Phi) is 22.6. The number of nitrogens with one attached hydrogen (secondary N) is 2. The molecule has 3 aromatic carbocycles. The van der Waals surface area contributed by atoms with Crippen LogP contribution in [0.4, 0.5) is 13.2 Å². The second-order valence-electron chi connectivity index (χ2n) is 9.71. The fraction of sp³-hybridized carbons (Fsp3) is 0.438. The molecule has 252 valence electrons. The predicted molar refractivity (Wildman–Crippen MR) is 183 cm³/mol. The molecule has 7 nitrogen and oxygen atoms in total. The van der Waals surface area contributed by atoms with E-state index in [-0.39, 0.29) is 42.3 Å². The minimum Gasteiger partial charge on any atom is -0.490 e. The normalized spacial score (nSPS) is 14.7. The van der Waals surface area contributed by atoms with Gasteiger partial charge in [-0.1, -0.05) is 52.3 Å². The largest absolute Gasteiger partial charge is 0.490 e. The third kappa shape index (κ3) is 16.8. The molecule has 0 unspecified atom stereocenters. The summed E-state index contributed by atoms with van der Waals surface area (Å²) in [5.74, 6) is -0.0485. The fourth-order valence-electron chi connectivity index (χ4n) is 4.24. The third-order valence-electron chi connectivity index (χ3n) is 6.60. The number of para-hydroxylation sites is 3. The summed E-state index contributed by atoms with van der Waals surface area (Å²) in [5, 5.41) is 7.15. The van der Waals surface area contributed by atoms with Crippen LogP contribution in [0.3, 0.4) is 0 Å². The SMILES string of the molecule is C1CNCCN1.Cl.Cl.Fc1ccccc1OCCBr.Fc1ccccc1OCCN1CCN(CCOc2ccccc2F)CC1. The van der Waals surface area contributed by atoms with Crippen LogP contribution >= 0.6 is 40.7 Å². The molecule has 5 rings (SSSR count). The molecule has 0 bridgehead atoms. The quantitative estimate of drug-likeness (QED) is 0.246. The highest BCUT2D eigenvalue weighted by Crippen LogP contribution is 2.17. The molecule has 2 saturated heterocycles. The Hall–Kier alpha value is -2.25. The Balaban J connectivity index is 0.000000439. The summed E-state index contributed by atoms with van der Waals surface area (Å²) in [4.78, 5) is 4.60. The maximum atomic E-state index is 13.5. The summed E-state index contributed by atoms with van der Waals surface area (Å²) in [5.41, 5.74) is 0. The van der Waals surface area contributed by atoms with E-state index in [9.17, 15) is 13.2 Å². The highest BCUT2D eigenvalue weighted by molar-refractivity contribution is 9.09. The summed E-state index contributed by atoms with van der Waals surface area (Å²) in [6.07, 6.45) is 0. The number of benzene rings is 3. The van der Waals surface area contributed by atoms with Gasteiger partial charge in [0.05, 0.1) is 6.61 Å². The van der Waals surface area contributed by atoms with Crippen molar-refractivity contribution in [3.63, 3.8) is 0 Å². The molecule has 13 heteroatoms. The Morgan fingerprint density at radius 3 is 1.13 bits per heavy atom. The summed E-state index contributed by atoms with van der Waals surface area (Å²) >= 11 is 3.18. The first-order valence-electron chi connectivity index (χ1n) is 14.6. The Labute approximate surface area is 285 Å². The molecule has 0 radical (unpaired) electrons. The average molecular weight is 741 g/mol. The van der Waals surface area contributed by atoms with Crippen LogP contribution in [0.25, 0.3) is 0 Å². The monoisotopic (exact) mass is 738 g/mol. The lowest BCUT2D eigenvalue weighted by atomic mass is 10.3. The van der Waals surface area contributed by atoms with Crippen LogP contribution in [0.5, 0.6) is 17.2 Å². The first kappa shape index (κ1) is 40.8. The molecular formula is C32H44BrCl2F3N4O3. The third-order valence-corrected chi connectivity index (χ3v) is 6.92. The molecule has 0 spiro atoms. The van der Waals surface area contributed by atoms with Crippen molar-refractivity contribution in [2.45, 2.75) is 0 Å². The van der Waals surface area contributed by atoms with Crippen LogP contribution in [-0.2, 0) is 0 Å². The van der Waals surface area contributed by atoms with Gasteiger partial charge in [0.2, 0.25) is 0 Å². The lowest BCUT2D eigenvalue weighted by molar-refractivity contribution is 0.104. The number of halogens is 6. The van der Waals surface area contributed by atoms with Crippen LogP contribution in [0.2, 0.25) is 0 Å². The number of alkyl halides is 1. The Bertz CT molecular complexity index is 1110. The van der Waals surface area contributed by atoms with E-state index in [2.05, 4.69) is 36.4 Å². The molecule has 2 aliphatic rings. The lowest BCUT2D eigenvalue weighted by Crippen LogP contribution is -2.48. The van der Waals surface area contributed by atoms with E-state index >= 15 is 0 Å². The van der Waals surface area contributed by atoms with Crippen LogP contribution in [0.1, 0.15) is 0 Å². The Morgan fingerprint density at radius 1 is 0.533 bits per heavy atom. The van der Waals surface area contributed by atoms with Crippen molar-refractivity contribution in [3.8, 4) is 17.2 Å². The molecule has 0 atom stereocenters. The van der Waals surface area contributed by atoms with Crippen molar-refractivity contribution in [3.05, 3.63) is 90.2 Å². The summed E-state index contributed by atoms with van der Waals surface area (Å²) < 4.78 is 55.8. The maximum Gasteiger partial charge on any atom is 0.165 e. The second-order valence-corrected chi connectivity index (χ2v) is 10.5. The number of hydrogen-bond donors (Lipinski definition) is 2. The zero-order valence-electron chi connectivity index (χ0n) is 25.3. The summed E-state index contributed by atoms with van der Waals surface area (Å²) in [6.45, 7) is 11.2. The number of nitrogens with zero attached hydrogens (tertiary/aromatic N) is 2. The standard InChI is InChI=1S/C20H24F2N2O2.C8H8BrFO.C4H10N2.2ClH/c21-17-5-1-3-7-19(17)25-15-13-23-9-11-24(12-10-23)14-16-26-20-8-4-2-6-18(20)22;9-5-6-11-8-4-2-1-3-7(8)10;1-2-6-4-3-5-1;;/h1-8H,9-16H2;1-4H,5-6H2;5-6H,1-4H2;2*1H. The number of ether oxygens (including phenoxy) is 3. The van der Waals surface area contributed by atoms with Gasteiger partial charge in [-0.25, -0.2) is 13.2 Å². The van der Waals surface area contributed by atoms with Crippen LogP contribution in [0, 0.1) is 17.5 Å².